The molecule has 3 heterocycles. The van der Waals surface area contributed by atoms with E-state index >= 15 is 0 Å². The number of hydrogen-bond donors (Lipinski definition) is 1. The zero-order valence-corrected chi connectivity index (χ0v) is 18.8. The second-order valence-electron chi connectivity index (χ2n) is 9.46. The number of likely N-dealkylation sites (tertiary alicyclic amines) is 1. The molecule has 0 bridgehead atoms. The van der Waals surface area contributed by atoms with Gasteiger partial charge in [0, 0.05) is 37.4 Å². The normalized spacial score (nSPS) is 20.6. The highest BCUT2D eigenvalue weighted by Crippen LogP contribution is 2.28. The fourth-order valence-corrected chi connectivity index (χ4v) is 4.02. The molecule has 4 rings (SSSR count). The summed E-state index contributed by atoms with van der Waals surface area (Å²) in [5, 5.41) is 2.18. The number of benzene rings is 1. The summed E-state index contributed by atoms with van der Waals surface area (Å²) in [4.78, 5) is 63.7. The van der Waals surface area contributed by atoms with Crippen LogP contribution < -0.4 is 5.32 Å². The molecule has 2 saturated heterocycles. The molecule has 1 aromatic rings. The van der Waals surface area contributed by atoms with E-state index in [1.165, 1.54) is 0 Å². The van der Waals surface area contributed by atoms with Gasteiger partial charge in [-0.25, -0.2) is 4.79 Å². The van der Waals surface area contributed by atoms with Crippen LogP contribution in [0.25, 0.3) is 0 Å². The number of nitrogens with zero attached hydrogens (tertiary/aromatic N) is 2. The predicted octanol–water partition coefficient (Wildman–Crippen LogP) is 1.70. The lowest BCUT2D eigenvalue weighted by Crippen LogP contribution is -2.54. The van der Waals surface area contributed by atoms with E-state index in [0.717, 1.165) is 4.90 Å². The lowest BCUT2D eigenvalue weighted by atomic mass is 9.97. The Hall–Kier alpha value is -3.67. The number of piperidine rings is 1. The van der Waals surface area contributed by atoms with Crippen LogP contribution in [0.2, 0.25) is 0 Å². The van der Waals surface area contributed by atoms with Gasteiger partial charge in [0.1, 0.15) is 11.6 Å². The highest BCUT2D eigenvalue weighted by Gasteiger charge is 2.44. The third-order valence-electron chi connectivity index (χ3n) is 5.67. The van der Waals surface area contributed by atoms with Crippen molar-refractivity contribution in [1.29, 1.82) is 0 Å². The predicted molar refractivity (Wildman–Crippen MR) is 116 cm³/mol. The maximum Gasteiger partial charge on any atom is 0.410 e. The average molecular weight is 451 g/mol. The molecule has 33 heavy (non-hydrogen) atoms. The highest BCUT2D eigenvalue weighted by atomic mass is 16.6. The topological polar surface area (TPSA) is 113 Å². The van der Waals surface area contributed by atoms with Gasteiger partial charge in [-0.3, -0.25) is 29.4 Å². The second-order valence-corrected chi connectivity index (χ2v) is 9.46. The smallest absolute Gasteiger partial charge is 0.410 e. The molecule has 0 radical (unpaired) electrons. The van der Waals surface area contributed by atoms with Crippen molar-refractivity contribution in [3.63, 3.8) is 0 Å². The molecule has 3 aliphatic rings. The van der Waals surface area contributed by atoms with Gasteiger partial charge in [0.2, 0.25) is 11.8 Å². The summed E-state index contributed by atoms with van der Waals surface area (Å²) in [5.74, 6) is 4.19. The van der Waals surface area contributed by atoms with Crippen LogP contribution >= 0.6 is 0 Å². The molecule has 0 aromatic heterocycles. The molecule has 0 spiro atoms. The van der Waals surface area contributed by atoms with Crippen LogP contribution in [-0.4, -0.2) is 64.3 Å². The number of nitrogens with one attached hydrogen (secondary N) is 1. The van der Waals surface area contributed by atoms with Gasteiger partial charge in [-0.1, -0.05) is 11.8 Å². The Kier molecular flexibility index (Phi) is 5.70. The standard InChI is InChI=1S/C24H25N3O6/c1-24(2,3)33-23(32)26-12-15(13-26)6-4-5-14-7-8-16-17(11-14)22(31)27(21(16)30)18-9-10-19(28)25-20(18)29/h7-8,11,15,18H,6,9-10,12-13H2,1-3H3,(H,25,28,29). The van der Waals surface area contributed by atoms with E-state index in [1.807, 2.05) is 20.8 Å². The summed E-state index contributed by atoms with van der Waals surface area (Å²) in [7, 11) is 0. The third-order valence-corrected chi connectivity index (χ3v) is 5.67. The summed E-state index contributed by atoms with van der Waals surface area (Å²) < 4.78 is 5.34. The largest absolute Gasteiger partial charge is 0.444 e. The van der Waals surface area contributed by atoms with Crippen LogP contribution in [0.5, 0.6) is 0 Å². The summed E-state index contributed by atoms with van der Waals surface area (Å²) in [6.45, 7) is 6.65. The van der Waals surface area contributed by atoms with E-state index in [4.69, 9.17) is 4.74 Å². The van der Waals surface area contributed by atoms with Crippen LogP contribution in [0.3, 0.4) is 0 Å². The monoisotopic (exact) mass is 451 g/mol. The van der Waals surface area contributed by atoms with Crippen molar-refractivity contribution in [2.75, 3.05) is 13.1 Å². The fraction of sp³-hybridized carbons (Fsp3) is 0.458. The van der Waals surface area contributed by atoms with Crippen molar-refractivity contribution in [2.45, 2.75) is 51.7 Å². The Balaban J connectivity index is 1.37. The van der Waals surface area contributed by atoms with Crippen LogP contribution in [0.15, 0.2) is 18.2 Å². The quantitative estimate of drug-likeness (QED) is 0.541. The molecule has 9 heteroatoms. The third kappa shape index (κ3) is 4.60. The minimum atomic E-state index is -0.990. The van der Waals surface area contributed by atoms with Gasteiger partial charge in [0.15, 0.2) is 0 Å². The van der Waals surface area contributed by atoms with Crippen molar-refractivity contribution < 1.29 is 28.7 Å². The number of carbonyl (C=O) groups excluding carboxylic acids is 5. The number of carbonyl (C=O) groups is 5. The Labute approximate surface area is 191 Å². The van der Waals surface area contributed by atoms with Gasteiger partial charge in [-0.05, 0) is 45.4 Å². The minimum Gasteiger partial charge on any atom is -0.444 e. The molecule has 2 fully saturated rings. The van der Waals surface area contributed by atoms with Crippen LogP contribution in [0.4, 0.5) is 4.79 Å². The van der Waals surface area contributed by atoms with Crippen molar-refractivity contribution in [2.24, 2.45) is 5.92 Å². The number of amides is 5. The van der Waals surface area contributed by atoms with E-state index in [9.17, 15) is 24.0 Å². The molecular weight excluding hydrogens is 426 g/mol. The van der Waals surface area contributed by atoms with Crippen molar-refractivity contribution in [3.8, 4) is 11.8 Å². The number of fused-ring (bicyclic) bond motifs is 1. The zero-order chi connectivity index (χ0) is 23.9. The number of imide groups is 2. The van der Waals surface area contributed by atoms with Gasteiger partial charge >= 0.3 is 6.09 Å². The molecule has 5 amide bonds. The Morgan fingerprint density at radius 1 is 1.12 bits per heavy atom. The molecule has 172 valence electrons. The van der Waals surface area contributed by atoms with Crippen molar-refractivity contribution in [3.05, 3.63) is 34.9 Å². The molecule has 3 aliphatic heterocycles. The average Bonchev–Trinajstić information content (AvgIpc) is 2.92. The van der Waals surface area contributed by atoms with Crippen molar-refractivity contribution >= 4 is 29.7 Å². The van der Waals surface area contributed by atoms with Gasteiger partial charge in [0.25, 0.3) is 11.8 Å². The molecule has 1 unspecified atom stereocenters. The van der Waals surface area contributed by atoms with Crippen LogP contribution in [0.1, 0.15) is 66.3 Å². The first-order valence-electron chi connectivity index (χ1n) is 10.9. The maximum atomic E-state index is 12.9. The summed E-state index contributed by atoms with van der Waals surface area (Å²) >= 11 is 0. The summed E-state index contributed by atoms with van der Waals surface area (Å²) in [6, 6.07) is 3.77. The zero-order valence-electron chi connectivity index (χ0n) is 18.8. The lowest BCUT2D eigenvalue weighted by Gasteiger charge is -2.39. The molecule has 9 nitrogen and oxygen atoms in total. The number of rotatable bonds is 2. The molecule has 1 aromatic carbocycles. The van der Waals surface area contributed by atoms with E-state index in [1.54, 1.807) is 23.1 Å². The van der Waals surface area contributed by atoms with Gasteiger partial charge in [-0.15, -0.1) is 0 Å². The molecule has 0 aliphatic carbocycles. The van der Waals surface area contributed by atoms with E-state index in [2.05, 4.69) is 17.2 Å². The number of ether oxygens (including phenoxy) is 1. The van der Waals surface area contributed by atoms with Gasteiger partial charge in [0.05, 0.1) is 11.1 Å². The maximum absolute atomic E-state index is 12.9. The first kappa shape index (κ1) is 22.5. The second kappa shape index (κ2) is 8.35. The minimum absolute atomic E-state index is 0.0764. The Morgan fingerprint density at radius 2 is 1.82 bits per heavy atom. The van der Waals surface area contributed by atoms with Gasteiger partial charge < -0.3 is 9.64 Å². The van der Waals surface area contributed by atoms with E-state index < -0.39 is 35.3 Å². The highest BCUT2D eigenvalue weighted by molar-refractivity contribution is 6.23. The van der Waals surface area contributed by atoms with Crippen molar-refractivity contribution in [1.82, 2.24) is 15.1 Å². The number of hydrogen-bond acceptors (Lipinski definition) is 6. The van der Waals surface area contributed by atoms with Gasteiger partial charge in [-0.2, -0.15) is 0 Å². The van der Waals surface area contributed by atoms with E-state index in [-0.39, 0.29) is 36.0 Å². The Bertz CT molecular complexity index is 1120. The summed E-state index contributed by atoms with van der Waals surface area (Å²) in [6.07, 6.45) is 0.456. The lowest BCUT2D eigenvalue weighted by molar-refractivity contribution is -0.136. The first-order valence-corrected chi connectivity index (χ1v) is 10.9. The van der Waals surface area contributed by atoms with E-state index in [0.29, 0.717) is 25.1 Å². The first-order chi connectivity index (χ1) is 15.5. The SMILES string of the molecule is CC(C)(C)OC(=O)N1CC(CC#Cc2ccc3c(c2)C(=O)N(C2CCC(=O)NC2=O)C3=O)C1. The molecule has 1 atom stereocenters. The Morgan fingerprint density at radius 3 is 2.48 bits per heavy atom. The fourth-order valence-electron chi connectivity index (χ4n) is 4.02. The molecule has 1 N–H and O–H groups in total. The molecular formula is C24H25N3O6. The molecule has 0 saturated carbocycles. The summed E-state index contributed by atoms with van der Waals surface area (Å²) in [5.41, 5.74) is 0.490. The van der Waals surface area contributed by atoms with Crippen LogP contribution in [-0.2, 0) is 14.3 Å². The van der Waals surface area contributed by atoms with Crippen LogP contribution in [0, 0.1) is 17.8 Å².